The van der Waals surface area contributed by atoms with Crippen LogP contribution < -0.4 is 10.6 Å². The van der Waals surface area contributed by atoms with Gasteiger partial charge in [0.15, 0.2) is 5.88 Å². The maximum atomic E-state index is 5.57. The number of nitrogens with one attached hydrogen (secondary N) is 2. The van der Waals surface area contributed by atoms with E-state index in [1.165, 1.54) is 0 Å². The molecule has 0 aromatic carbocycles. The molecule has 0 aromatic heterocycles. The Balaban J connectivity index is 2.24. The summed E-state index contributed by atoms with van der Waals surface area (Å²) in [5, 5.41) is 6.54. The second-order valence-corrected chi connectivity index (χ2v) is 4.47. The molecule has 0 spiro atoms. The predicted octanol–water partition coefficient (Wildman–Crippen LogP) is 1.22. The SMILES string of the molecule is C=C(N[C@H]1CCNC1)OC(C)(C)C. The highest BCUT2D eigenvalue weighted by Gasteiger charge is 2.17. The molecule has 13 heavy (non-hydrogen) atoms. The quantitative estimate of drug-likeness (QED) is 0.647. The first-order valence-electron chi connectivity index (χ1n) is 4.82. The third-order valence-electron chi connectivity index (χ3n) is 1.85. The van der Waals surface area contributed by atoms with Crippen molar-refractivity contribution in [1.82, 2.24) is 10.6 Å². The number of hydrogen-bond donors (Lipinski definition) is 2. The van der Waals surface area contributed by atoms with Crippen molar-refractivity contribution in [2.45, 2.75) is 38.8 Å². The van der Waals surface area contributed by atoms with Crippen molar-refractivity contribution in [2.75, 3.05) is 13.1 Å². The molecule has 1 rings (SSSR count). The van der Waals surface area contributed by atoms with E-state index in [-0.39, 0.29) is 5.60 Å². The molecule has 1 saturated heterocycles. The van der Waals surface area contributed by atoms with Crippen LogP contribution in [0.4, 0.5) is 0 Å². The first-order chi connectivity index (χ1) is 5.97. The Morgan fingerprint density at radius 3 is 2.69 bits per heavy atom. The van der Waals surface area contributed by atoms with Crippen molar-refractivity contribution in [3.63, 3.8) is 0 Å². The summed E-state index contributed by atoms with van der Waals surface area (Å²) in [4.78, 5) is 0. The van der Waals surface area contributed by atoms with Crippen molar-refractivity contribution in [2.24, 2.45) is 0 Å². The van der Waals surface area contributed by atoms with Crippen LogP contribution in [-0.4, -0.2) is 24.7 Å². The Morgan fingerprint density at radius 1 is 1.54 bits per heavy atom. The Hall–Kier alpha value is -0.700. The fourth-order valence-corrected chi connectivity index (χ4v) is 1.40. The molecule has 2 N–H and O–H groups in total. The molecule has 0 saturated carbocycles. The van der Waals surface area contributed by atoms with E-state index in [0.29, 0.717) is 11.9 Å². The number of ether oxygens (including phenoxy) is 1. The third-order valence-corrected chi connectivity index (χ3v) is 1.85. The van der Waals surface area contributed by atoms with Crippen LogP contribution in [0.3, 0.4) is 0 Å². The van der Waals surface area contributed by atoms with Gasteiger partial charge in [-0.25, -0.2) is 0 Å². The summed E-state index contributed by atoms with van der Waals surface area (Å²) in [6.07, 6.45) is 1.15. The number of hydrogen-bond acceptors (Lipinski definition) is 3. The summed E-state index contributed by atoms with van der Waals surface area (Å²) in [6, 6.07) is 0.481. The Kier molecular flexibility index (Phi) is 3.20. The largest absolute Gasteiger partial charge is 0.474 e. The van der Waals surface area contributed by atoms with Crippen LogP contribution in [0.25, 0.3) is 0 Å². The van der Waals surface area contributed by atoms with Gasteiger partial charge in [-0.15, -0.1) is 0 Å². The van der Waals surface area contributed by atoms with Gasteiger partial charge in [-0.05, 0) is 40.3 Å². The van der Waals surface area contributed by atoms with Crippen LogP contribution in [0.2, 0.25) is 0 Å². The fourth-order valence-electron chi connectivity index (χ4n) is 1.40. The Morgan fingerprint density at radius 2 is 2.23 bits per heavy atom. The molecular formula is C10H20N2O. The summed E-state index contributed by atoms with van der Waals surface area (Å²) < 4.78 is 5.57. The van der Waals surface area contributed by atoms with Crippen LogP contribution in [0.5, 0.6) is 0 Å². The van der Waals surface area contributed by atoms with Crippen LogP contribution in [0.15, 0.2) is 12.5 Å². The van der Waals surface area contributed by atoms with Gasteiger partial charge in [0.05, 0.1) is 0 Å². The molecule has 1 aliphatic heterocycles. The second kappa shape index (κ2) is 4.01. The maximum absolute atomic E-state index is 5.57. The highest BCUT2D eigenvalue weighted by atomic mass is 16.5. The second-order valence-electron chi connectivity index (χ2n) is 4.47. The zero-order chi connectivity index (χ0) is 9.90. The van der Waals surface area contributed by atoms with Gasteiger partial charge in [-0.2, -0.15) is 0 Å². The minimum Gasteiger partial charge on any atom is -0.474 e. The van der Waals surface area contributed by atoms with E-state index >= 15 is 0 Å². The Bertz CT molecular complexity index is 178. The first kappa shape index (κ1) is 10.4. The van der Waals surface area contributed by atoms with Gasteiger partial charge in [0.25, 0.3) is 0 Å². The summed E-state index contributed by atoms with van der Waals surface area (Å²) in [5.74, 6) is 0.682. The van der Waals surface area contributed by atoms with Crippen LogP contribution >= 0.6 is 0 Å². The van der Waals surface area contributed by atoms with Crippen LogP contribution in [-0.2, 0) is 4.74 Å². The minimum absolute atomic E-state index is 0.157. The van der Waals surface area contributed by atoms with E-state index in [4.69, 9.17) is 4.74 Å². The lowest BCUT2D eigenvalue weighted by Crippen LogP contribution is -2.34. The van der Waals surface area contributed by atoms with Crippen LogP contribution in [0.1, 0.15) is 27.2 Å². The lowest BCUT2D eigenvalue weighted by molar-refractivity contribution is 0.0390. The standard InChI is InChI=1S/C10H20N2O/c1-8(13-10(2,3)4)12-9-5-6-11-7-9/h9,11-12H,1,5-7H2,2-4H3/t9-/m0/s1. The molecule has 1 atom stereocenters. The van der Waals surface area contributed by atoms with E-state index in [1.807, 2.05) is 20.8 Å². The molecular weight excluding hydrogens is 164 g/mol. The van der Waals surface area contributed by atoms with Gasteiger partial charge in [-0.3, -0.25) is 0 Å². The van der Waals surface area contributed by atoms with E-state index in [0.717, 1.165) is 19.5 Å². The monoisotopic (exact) mass is 184 g/mol. The van der Waals surface area contributed by atoms with Crippen molar-refractivity contribution >= 4 is 0 Å². The molecule has 76 valence electrons. The summed E-state index contributed by atoms with van der Waals surface area (Å²) in [5.41, 5.74) is -0.157. The molecule has 0 aliphatic carbocycles. The minimum atomic E-state index is -0.157. The zero-order valence-electron chi connectivity index (χ0n) is 8.81. The van der Waals surface area contributed by atoms with E-state index in [9.17, 15) is 0 Å². The smallest absolute Gasteiger partial charge is 0.180 e. The normalized spacial score (nSPS) is 22.8. The summed E-state index contributed by atoms with van der Waals surface area (Å²) in [6.45, 7) is 12.0. The van der Waals surface area contributed by atoms with Crippen molar-refractivity contribution in [3.05, 3.63) is 12.5 Å². The average molecular weight is 184 g/mol. The lowest BCUT2D eigenvalue weighted by atomic mass is 10.2. The summed E-state index contributed by atoms with van der Waals surface area (Å²) >= 11 is 0. The van der Waals surface area contributed by atoms with Gasteiger partial charge in [0.2, 0.25) is 0 Å². The van der Waals surface area contributed by atoms with Gasteiger partial charge in [0.1, 0.15) is 5.60 Å². The molecule has 1 fully saturated rings. The third kappa shape index (κ3) is 4.18. The zero-order valence-corrected chi connectivity index (χ0v) is 8.81. The van der Waals surface area contributed by atoms with Crippen molar-refractivity contribution in [3.8, 4) is 0 Å². The maximum Gasteiger partial charge on any atom is 0.180 e. The molecule has 0 unspecified atom stereocenters. The van der Waals surface area contributed by atoms with Gasteiger partial charge in [-0.1, -0.05) is 0 Å². The lowest BCUT2D eigenvalue weighted by Gasteiger charge is -2.25. The van der Waals surface area contributed by atoms with Crippen LogP contribution in [0, 0.1) is 0 Å². The van der Waals surface area contributed by atoms with Gasteiger partial charge in [0, 0.05) is 12.6 Å². The molecule has 0 bridgehead atoms. The van der Waals surface area contributed by atoms with Crippen molar-refractivity contribution < 1.29 is 4.74 Å². The highest BCUT2D eigenvalue weighted by Crippen LogP contribution is 2.11. The highest BCUT2D eigenvalue weighted by molar-refractivity contribution is 4.90. The summed E-state index contributed by atoms with van der Waals surface area (Å²) in [7, 11) is 0. The molecule has 1 aliphatic rings. The number of rotatable bonds is 3. The van der Waals surface area contributed by atoms with E-state index in [2.05, 4.69) is 17.2 Å². The first-order valence-corrected chi connectivity index (χ1v) is 4.82. The fraction of sp³-hybridized carbons (Fsp3) is 0.800. The molecule has 0 amide bonds. The van der Waals surface area contributed by atoms with Crippen molar-refractivity contribution in [1.29, 1.82) is 0 Å². The molecule has 0 aromatic rings. The predicted molar refractivity (Wildman–Crippen MR) is 54.4 cm³/mol. The van der Waals surface area contributed by atoms with E-state index in [1.54, 1.807) is 0 Å². The van der Waals surface area contributed by atoms with Gasteiger partial charge >= 0.3 is 0 Å². The molecule has 3 nitrogen and oxygen atoms in total. The van der Waals surface area contributed by atoms with E-state index < -0.39 is 0 Å². The molecule has 0 radical (unpaired) electrons. The molecule has 3 heteroatoms. The Labute approximate surface area is 80.5 Å². The average Bonchev–Trinajstić information content (AvgIpc) is 2.34. The molecule has 1 heterocycles. The van der Waals surface area contributed by atoms with Gasteiger partial charge < -0.3 is 15.4 Å². The topological polar surface area (TPSA) is 33.3 Å².